The number of hydrogen-bond donors (Lipinski definition) is 1. The molecular weight excluding hydrogens is 254 g/mol. The van der Waals surface area contributed by atoms with Crippen LogP contribution in [0.5, 0.6) is 11.5 Å². The molecule has 0 amide bonds. The van der Waals surface area contributed by atoms with E-state index in [0.717, 1.165) is 11.3 Å². The summed E-state index contributed by atoms with van der Waals surface area (Å²) in [4.78, 5) is 15.1. The molecule has 0 unspecified atom stereocenters. The summed E-state index contributed by atoms with van der Waals surface area (Å²) in [6.07, 6.45) is 1.33. The summed E-state index contributed by atoms with van der Waals surface area (Å²) in [6.45, 7) is 0. The number of carboxylic acids is 1. The van der Waals surface area contributed by atoms with Gasteiger partial charge in [0.15, 0.2) is 11.5 Å². The SMILES string of the molecule is COc1cccc(-c2ncc(C(=O)O)s2)c1OC. The second kappa shape index (κ2) is 5.05. The number of carboxylic acid groups (broad SMARTS) is 1. The van der Waals surface area contributed by atoms with E-state index >= 15 is 0 Å². The third-order valence-corrected chi connectivity index (χ3v) is 3.37. The zero-order chi connectivity index (χ0) is 13.1. The Morgan fingerprint density at radius 2 is 2.11 bits per heavy atom. The van der Waals surface area contributed by atoms with Gasteiger partial charge in [0.05, 0.1) is 26.0 Å². The van der Waals surface area contributed by atoms with Gasteiger partial charge in [-0.15, -0.1) is 11.3 Å². The molecule has 0 saturated heterocycles. The number of para-hydroxylation sites is 1. The largest absolute Gasteiger partial charge is 0.493 e. The van der Waals surface area contributed by atoms with E-state index in [1.807, 2.05) is 6.07 Å². The Hall–Kier alpha value is -2.08. The van der Waals surface area contributed by atoms with Gasteiger partial charge in [-0.3, -0.25) is 0 Å². The lowest BCUT2D eigenvalue weighted by atomic mass is 10.2. The molecule has 1 aromatic heterocycles. The smallest absolute Gasteiger partial charge is 0.347 e. The molecule has 2 aromatic rings. The van der Waals surface area contributed by atoms with Crippen molar-refractivity contribution in [3.63, 3.8) is 0 Å². The first kappa shape index (κ1) is 12.4. The maximum atomic E-state index is 10.8. The molecule has 6 heteroatoms. The highest BCUT2D eigenvalue weighted by molar-refractivity contribution is 7.16. The summed E-state index contributed by atoms with van der Waals surface area (Å²) in [7, 11) is 3.08. The standard InChI is InChI=1S/C12H11NO4S/c1-16-8-5-3-4-7(10(8)17-2)11-13-6-9(18-11)12(14)15/h3-6H,1-2H3,(H,14,15). The highest BCUT2D eigenvalue weighted by Crippen LogP contribution is 2.39. The molecule has 0 spiro atoms. The molecule has 0 atom stereocenters. The minimum Gasteiger partial charge on any atom is -0.493 e. The van der Waals surface area contributed by atoms with Crippen molar-refractivity contribution in [2.45, 2.75) is 0 Å². The third-order valence-electron chi connectivity index (χ3n) is 2.35. The molecule has 0 saturated carbocycles. The molecule has 94 valence electrons. The number of aromatic nitrogens is 1. The van der Waals surface area contributed by atoms with Gasteiger partial charge in [0.25, 0.3) is 0 Å². The number of ether oxygens (including phenoxy) is 2. The highest BCUT2D eigenvalue weighted by atomic mass is 32.1. The van der Waals surface area contributed by atoms with E-state index < -0.39 is 5.97 Å². The van der Waals surface area contributed by atoms with Gasteiger partial charge in [0.1, 0.15) is 9.88 Å². The lowest BCUT2D eigenvalue weighted by Crippen LogP contribution is -1.92. The van der Waals surface area contributed by atoms with E-state index in [2.05, 4.69) is 4.98 Å². The van der Waals surface area contributed by atoms with Crippen LogP contribution >= 0.6 is 11.3 Å². The molecule has 0 aliphatic carbocycles. The summed E-state index contributed by atoms with van der Waals surface area (Å²) in [5, 5.41) is 9.47. The van der Waals surface area contributed by atoms with Gasteiger partial charge in [0, 0.05) is 0 Å². The monoisotopic (exact) mass is 265 g/mol. The van der Waals surface area contributed by atoms with Crippen molar-refractivity contribution in [1.82, 2.24) is 4.98 Å². The first-order valence-corrected chi connectivity index (χ1v) is 5.89. The average Bonchev–Trinajstić information content (AvgIpc) is 2.87. The van der Waals surface area contributed by atoms with Crippen molar-refractivity contribution in [2.75, 3.05) is 14.2 Å². The fourth-order valence-corrected chi connectivity index (χ4v) is 2.33. The zero-order valence-corrected chi connectivity index (χ0v) is 10.7. The third kappa shape index (κ3) is 2.14. The quantitative estimate of drug-likeness (QED) is 0.920. The van der Waals surface area contributed by atoms with Crippen LogP contribution in [0.4, 0.5) is 0 Å². The van der Waals surface area contributed by atoms with Crippen LogP contribution in [0.25, 0.3) is 10.6 Å². The lowest BCUT2D eigenvalue weighted by Gasteiger charge is -2.10. The summed E-state index contributed by atoms with van der Waals surface area (Å²) < 4.78 is 10.5. The Bertz CT molecular complexity index is 579. The van der Waals surface area contributed by atoms with Crippen molar-refractivity contribution in [1.29, 1.82) is 0 Å². The van der Waals surface area contributed by atoms with Crippen LogP contribution in [0.15, 0.2) is 24.4 Å². The van der Waals surface area contributed by atoms with E-state index in [0.29, 0.717) is 22.1 Å². The summed E-state index contributed by atoms with van der Waals surface area (Å²) in [5.74, 6) is 0.147. The van der Waals surface area contributed by atoms with E-state index in [1.54, 1.807) is 19.2 Å². The maximum absolute atomic E-state index is 10.8. The van der Waals surface area contributed by atoms with Crippen LogP contribution in [-0.2, 0) is 0 Å². The van der Waals surface area contributed by atoms with Gasteiger partial charge in [-0.05, 0) is 12.1 Å². The summed E-state index contributed by atoms with van der Waals surface area (Å²) in [5.41, 5.74) is 0.717. The molecule has 0 fully saturated rings. The van der Waals surface area contributed by atoms with Gasteiger partial charge < -0.3 is 14.6 Å². The van der Waals surface area contributed by atoms with Gasteiger partial charge in [-0.1, -0.05) is 6.07 Å². The molecule has 0 aliphatic rings. The molecule has 5 nitrogen and oxygen atoms in total. The molecule has 0 bridgehead atoms. The Morgan fingerprint density at radius 3 is 2.67 bits per heavy atom. The molecule has 1 aromatic carbocycles. The van der Waals surface area contributed by atoms with Crippen molar-refractivity contribution in [3.8, 4) is 22.1 Å². The lowest BCUT2D eigenvalue weighted by molar-refractivity contribution is 0.0702. The van der Waals surface area contributed by atoms with Crippen LogP contribution in [0.2, 0.25) is 0 Å². The zero-order valence-electron chi connectivity index (χ0n) is 9.84. The molecular formula is C12H11NO4S. The Labute approximate surface area is 108 Å². The fourth-order valence-electron chi connectivity index (χ4n) is 1.55. The van der Waals surface area contributed by atoms with Crippen molar-refractivity contribution >= 4 is 17.3 Å². The first-order chi connectivity index (χ1) is 8.67. The Balaban J connectivity index is 2.52. The predicted octanol–water partition coefficient (Wildman–Crippen LogP) is 2.53. The molecule has 1 N–H and O–H groups in total. The normalized spacial score (nSPS) is 10.1. The number of nitrogens with zero attached hydrogens (tertiary/aromatic N) is 1. The van der Waals surface area contributed by atoms with Crippen LogP contribution in [0.1, 0.15) is 9.67 Å². The van der Waals surface area contributed by atoms with Crippen LogP contribution in [0, 0.1) is 0 Å². The molecule has 2 rings (SSSR count). The van der Waals surface area contributed by atoms with Crippen molar-refractivity contribution in [2.24, 2.45) is 0 Å². The Morgan fingerprint density at radius 1 is 1.33 bits per heavy atom. The number of hydrogen-bond acceptors (Lipinski definition) is 5. The molecule has 0 aliphatic heterocycles. The highest BCUT2D eigenvalue weighted by Gasteiger charge is 2.16. The number of thiazole rings is 1. The van der Waals surface area contributed by atoms with Crippen LogP contribution in [-0.4, -0.2) is 30.3 Å². The van der Waals surface area contributed by atoms with Gasteiger partial charge in [0.2, 0.25) is 0 Å². The fraction of sp³-hybridized carbons (Fsp3) is 0.167. The maximum Gasteiger partial charge on any atom is 0.347 e. The second-order valence-electron chi connectivity index (χ2n) is 3.38. The van der Waals surface area contributed by atoms with Gasteiger partial charge >= 0.3 is 5.97 Å². The number of methoxy groups -OCH3 is 2. The molecule has 18 heavy (non-hydrogen) atoms. The summed E-state index contributed by atoms with van der Waals surface area (Å²) >= 11 is 1.10. The van der Waals surface area contributed by atoms with Crippen LogP contribution < -0.4 is 9.47 Å². The average molecular weight is 265 g/mol. The van der Waals surface area contributed by atoms with E-state index in [4.69, 9.17) is 14.6 Å². The van der Waals surface area contributed by atoms with Gasteiger partial charge in [-0.2, -0.15) is 0 Å². The number of aromatic carboxylic acids is 1. The second-order valence-corrected chi connectivity index (χ2v) is 4.41. The van der Waals surface area contributed by atoms with Crippen molar-refractivity contribution in [3.05, 3.63) is 29.3 Å². The predicted molar refractivity (Wildman–Crippen MR) is 67.6 cm³/mol. The number of rotatable bonds is 4. The van der Waals surface area contributed by atoms with Gasteiger partial charge in [-0.25, -0.2) is 9.78 Å². The minimum absolute atomic E-state index is 0.190. The number of carbonyl (C=O) groups is 1. The van der Waals surface area contributed by atoms with E-state index in [1.165, 1.54) is 13.3 Å². The van der Waals surface area contributed by atoms with Crippen LogP contribution in [0.3, 0.4) is 0 Å². The topological polar surface area (TPSA) is 68.7 Å². The number of benzene rings is 1. The molecule has 1 heterocycles. The van der Waals surface area contributed by atoms with E-state index in [-0.39, 0.29) is 4.88 Å². The molecule has 0 radical (unpaired) electrons. The van der Waals surface area contributed by atoms with E-state index in [9.17, 15) is 4.79 Å². The summed E-state index contributed by atoms with van der Waals surface area (Å²) in [6, 6.07) is 5.39. The minimum atomic E-state index is -0.986. The first-order valence-electron chi connectivity index (χ1n) is 5.08. The van der Waals surface area contributed by atoms with Crippen molar-refractivity contribution < 1.29 is 19.4 Å². The Kier molecular flexibility index (Phi) is 3.47.